The molecular weight excluding hydrogens is 299 g/mol. The number of hydrogen-bond acceptors (Lipinski definition) is 3. The van der Waals surface area contributed by atoms with E-state index in [0.29, 0.717) is 31.6 Å². The van der Waals surface area contributed by atoms with Crippen molar-refractivity contribution in [2.24, 2.45) is 0 Å². The number of hydrogen-bond donors (Lipinski definition) is 1. The highest BCUT2D eigenvalue weighted by Crippen LogP contribution is 2.43. The molecule has 1 aromatic heterocycles. The van der Waals surface area contributed by atoms with Crippen LogP contribution in [-0.4, -0.2) is 42.3 Å². The van der Waals surface area contributed by atoms with Gasteiger partial charge >= 0.3 is 12.3 Å². The zero-order valence-corrected chi connectivity index (χ0v) is 12.2. The zero-order chi connectivity index (χ0) is 16.0. The molecule has 0 atom stereocenters. The zero-order valence-electron chi connectivity index (χ0n) is 12.2. The molecule has 122 valence electrons. The molecule has 1 fully saturated rings. The van der Waals surface area contributed by atoms with Gasteiger partial charge in [-0.15, -0.1) is 0 Å². The first kappa shape index (κ1) is 15.2. The number of ether oxygens (including phenoxy) is 1. The van der Waals surface area contributed by atoms with E-state index in [-0.39, 0.29) is 13.1 Å². The number of alkyl halides is 3. The fourth-order valence-corrected chi connectivity index (χ4v) is 3.66. The van der Waals surface area contributed by atoms with Crippen LogP contribution in [0.4, 0.5) is 18.0 Å². The number of carbonyl (C=O) groups excluding carboxylic acids is 1. The van der Waals surface area contributed by atoms with Crippen LogP contribution in [0, 0.1) is 0 Å². The van der Waals surface area contributed by atoms with Crippen LogP contribution in [0.25, 0.3) is 0 Å². The van der Waals surface area contributed by atoms with Gasteiger partial charge in [0.25, 0.3) is 0 Å². The van der Waals surface area contributed by atoms with E-state index in [4.69, 9.17) is 4.74 Å². The van der Waals surface area contributed by atoms with Gasteiger partial charge in [0.15, 0.2) is 0 Å². The molecule has 3 rings (SSSR count). The standard InChI is InChI=1S/C14H18F3N3O2/c1-22-12(21)20-9-8-19-10(2-3-11(19)14(15,16)17)13(20)4-6-18-7-5-13/h2-3,18H,4-9H2,1H3. The number of carbonyl (C=O) groups is 1. The van der Waals surface area contributed by atoms with E-state index in [1.54, 1.807) is 4.90 Å². The van der Waals surface area contributed by atoms with Crippen molar-refractivity contribution in [3.05, 3.63) is 23.5 Å². The minimum Gasteiger partial charge on any atom is -0.453 e. The van der Waals surface area contributed by atoms with Crippen molar-refractivity contribution < 1.29 is 22.7 Å². The van der Waals surface area contributed by atoms with Gasteiger partial charge in [-0.3, -0.25) is 4.90 Å². The largest absolute Gasteiger partial charge is 0.453 e. The summed E-state index contributed by atoms with van der Waals surface area (Å²) in [6, 6.07) is 2.61. The summed E-state index contributed by atoms with van der Waals surface area (Å²) in [6.07, 6.45) is -3.73. The minimum atomic E-state index is -4.39. The van der Waals surface area contributed by atoms with Gasteiger partial charge in [0.2, 0.25) is 0 Å². The van der Waals surface area contributed by atoms with Gasteiger partial charge in [0.05, 0.1) is 12.6 Å². The summed E-state index contributed by atoms with van der Waals surface area (Å²) >= 11 is 0. The summed E-state index contributed by atoms with van der Waals surface area (Å²) in [4.78, 5) is 13.7. The molecular formula is C14H18F3N3O2. The number of nitrogens with one attached hydrogen (secondary N) is 1. The van der Waals surface area contributed by atoms with Crippen molar-refractivity contribution in [2.45, 2.75) is 31.1 Å². The Labute approximate surface area is 126 Å². The summed E-state index contributed by atoms with van der Waals surface area (Å²) in [7, 11) is 1.30. The molecule has 5 nitrogen and oxygen atoms in total. The SMILES string of the molecule is COC(=O)N1CCn2c(C(F)(F)F)ccc2C12CCNCC2. The molecule has 1 amide bonds. The van der Waals surface area contributed by atoms with Gasteiger partial charge in [-0.25, -0.2) is 4.79 Å². The fraction of sp³-hybridized carbons (Fsp3) is 0.643. The van der Waals surface area contributed by atoms with E-state index in [1.807, 2.05) is 0 Å². The average molecular weight is 317 g/mol. The normalized spacial score (nSPS) is 20.8. The molecule has 3 heterocycles. The highest BCUT2D eigenvalue weighted by molar-refractivity contribution is 5.69. The Bertz CT molecular complexity index is 576. The molecule has 8 heteroatoms. The molecule has 1 aromatic rings. The number of halogens is 3. The lowest BCUT2D eigenvalue weighted by atomic mass is 9.82. The van der Waals surface area contributed by atoms with Gasteiger partial charge in [-0.05, 0) is 38.1 Å². The molecule has 2 aliphatic heterocycles. The molecule has 0 radical (unpaired) electrons. The first-order valence-corrected chi connectivity index (χ1v) is 7.24. The average Bonchev–Trinajstić information content (AvgIpc) is 2.93. The first-order chi connectivity index (χ1) is 10.4. The topological polar surface area (TPSA) is 46.5 Å². The highest BCUT2D eigenvalue weighted by atomic mass is 19.4. The Kier molecular flexibility index (Phi) is 3.58. The summed E-state index contributed by atoms with van der Waals surface area (Å²) in [5.74, 6) is 0. The van der Waals surface area contributed by atoms with Gasteiger partial charge in [0.1, 0.15) is 5.69 Å². The molecule has 2 aliphatic rings. The maximum Gasteiger partial charge on any atom is 0.431 e. The second-order valence-corrected chi connectivity index (χ2v) is 5.66. The van der Waals surface area contributed by atoms with Gasteiger partial charge in [-0.2, -0.15) is 13.2 Å². The quantitative estimate of drug-likeness (QED) is 0.798. The molecule has 0 unspecified atom stereocenters. The van der Waals surface area contributed by atoms with E-state index in [9.17, 15) is 18.0 Å². The summed E-state index contributed by atoms with van der Waals surface area (Å²) in [6.45, 7) is 1.65. The third-order valence-electron chi connectivity index (χ3n) is 4.64. The maximum atomic E-state index is 13.1. The Morgan fingerprint density at radius 1 is 1.27 bits per heavy atom. The molecule has 1 N–H and O–H groups in total. The molecule has 0 aromatic carbocycles. The Morgan fingerprint density at radius 2 is 1.95 bits per heavy atom. The third-order valence-corrected chi connectivity index (χ3v) is 4.64. The molecule has 22 heavy (non-hydrogen) atoms. The molecule has 0 bridgehead atoms. The van der Waals surface area contributed by atoms with Crippen molar-refractivity contribution >= 4 is 6.09 Å². The van der Waals surface area contributed by atoms with Crippen molar-refractivity contribution in [3.8, 4) is 0 Å². The predicted octanol–water partition coefficient (Wildman–Crippen LogP) is 2.17. The number of aromatic nitrogens is 1. The van der Waals surface area contributed by atoms with Crippen molar-refractivity contribution in [1.82, 2.24) is 14.8 Å². The Morgan fingerprint density at radius 3 is 2.55 bits per heavy atom. The van der Waals surface area contributed by atoms with Crippen LogP contribution in [0.15, 0.2) is 12.1 Å². The summed E-state index contributed by atoms with van der Waals surface area (Å²) in [5, 5.41) is 3.19. The monoisotopic (exact) mass is 317 g/mol. The molecule has 0 aliphatic carbocycles. The first-order valence-electron chi connectivity index (χ1n) is 7.24. The van der Waals surface area contributed by atoms with Crippen molar-refractivity contribution in [2.75, 3.05) is 26.7 Å². The van der Waals surface area contributed by atoms with Gasteiger partial charge < -0.3 is 14.6 Å². The van der Waals surface area contributed by atoms with E-state index >= 15 is 0 Å². The lowest BCUT2D eigenvalue weighted by molar-refractivity contribution is -0.144. The maximum absolute atomic E-state index is 13.1. The Hall–Kier alpha value is -1.70. The van der Waals surface area contributed by atoms with Crippen LogP contribution >= 0.6 is 0 Å². The van der Waals surface area contributed by atoms with Gasteiger partial charge in [0, 0.05) is 18.8 Å². The van der Waals surface area contributed by atoms with Gasteiger partial charge in [-0.1, -0.05) is 0 Å². The number of piperidine rings is 1. The van der Waals surface area contributed by atoms with E-state index in [0.717, 1.165) is 6.07 Å². The van der Waals surface area contributed by atoms with E-state index in [2.05, 4.69) is 5.32 Å². The number of methoxy groups -OCH3 is 1. The van der Waals surface area contributed by atoms with Crippen LogP contribution in [0.5, 0.6) is 0 Å². The predicted molar refractivity (Wildman–Crippen MR) is 72.3 cm³/mol. The second-order valence-electron chi connectivity index (χ2n) is 5.66. The smallest absolute Gasteiger partial charge is 0.431 e. The van der Waals surface area contributed by atoms with Crippen molar-refractivity contribution in [1.29, 1.82) is 0 Å². The van der Waals surface area contributed by atoms with Crippen LogP contribution in [0.1, 0.15) is 24.2 Å². The fourth-order valence-electron chi connectivity index (χ4n) is 3.66. The number of nitrogens with zero attached hydrogens (tertiary/aromatic N) is 2. The highest BCUT2D eigenvalue weighted by Gasteiger charge is 2.49. The third kappa shape index (κ3) is 2.16. The van der Waals surface area contributed by atoms with Crippen molar-refractivity contribution in [3.63, 3.8) is 0 Å². The number of rotatable bonds is 0. The lowest BCUT2D eigenvalue weighted by Crippen LogP contribution is -2.59. The number of fused-ring (bicyclic) bond motifs is 2. The van der Waals surface area contributed by atoms with E-state index in [1.165, 1.54) is 17.7 Å². The Balaban J connectivity index is 2.10. The lowest BCUT2D eigenvalue weighted by Gasteiger charge is -2.49. The van der Waals surface area contributed by atoms with Crippen LogP contribution in [0.2, 0.25) is 0 Å². The molecule has 0 saturated carbocycles. The number of amides is 1. The minimum absolute atomic E-state index is 0.126. The van der Waals surface area contributed by atoms with E-state index < -0.39 is 23.5 Å². The van der Waals surface area contributed by atoms with Crippen LogP contribution in [0.3, 0.4) is 0 Å². The van der Waals surface area contributed by atoms with Crippen LogP contribution in [-0.2, 0) is 23.0 Å². The summed E-state index contributed by atoms with van der Waals surface area (Å²) < 4.78 is 45.6. The second kappa shape index (κ2) is 5.19. The summed E-state index contributed by atoms with van der Waals surface area (Å²) in [5.41, 5.74) is -0.817. The molecule has 1 spiro atoms. The van der Waals surface area contributed by atoms with Crippen LogP contribution < -0.4 is 5.32 Å². The molecule has 1 saturated heterocycles.